The molecule has 6 nitrogen and oxygen atoms in total. The number of carbonyl (C=O) groups is 1. The molecular weight excluding hydrogens is 322 g/mol. The van der Waals surface area contributed by atoms with E-state index in [2.05, 4.69) is 0 Å². The predicted octanol–water partition coefficient (Wildman–Crippen LogP) is 2.52. The summed E-state index contributed by atoms with van der Waals surface area (Å²) >= 11 is 0. The highest BCUT2D eigenvalue weighted by Crippen LogP contribution is 2.27. The first-order valence-corrected chi connectivity index (χ1v) is 8.28. The molecule has 0 aromatic heterocycles. The maximum absolute atomic E-state index is 11.0. The molecule has 0 fully saturated rings. The summed E-state index contributed by atoms with van der Waals surface area (Å²) in [6.07, 6.45) is 6.03. The second-order valence-electron chi connectivity index (χ2n) is 5.91. The first-order chi connectivity index (χ1) is 12.0. The number of allylic oxidation sites excluding steroid dienone is 3. The molecular formula is C19H27NO5. The topological polar surface area (TPSA) is 99.0 Å². The van der Waals surface area contributed by atoms with E-state index in [9.17, 15) is 9.90 Å². The third-order valence-electron chi connectivity index (χ3n) is 3.76. The van der Waals surface area contributed by atoms with Crippen LogP contribution in [0.3, 0.4) is 0 Å². The molecule has 0 saturated heterocycles. The summed E-state index contributed by atoms with van der Waals surface area (Å²) in [7, 11) is 0. The van der Waals surface area contributed by atoms with Gasteiger partial charge in [-0.05, 0) is 49.0 Å². The molecule has 1 aromatic carbocycles. The summed E-state index contributed by atoms with van der Waals surface area (Å²) in [6.45, 7) is 3.97. The molecule has 2 atom stereocenters. The van der Waals surface area contributed by atoms with Gasteiger partial charge in [-0.2, -0.15) is 0 Å². The fourth-order valence-electron chi connectivity index (χ4n) is 2.33. The predicted molar refractivity (Wildman–Crippen MR) is 95.2 cm³/mol. The van der Waals surface area contributed by atoms with E-state index in [4.69, 9.17) is 15.1 Å². The number of rotatable bonds is 10. The number of aliphatic hydroxyl groups excluding tert-OH is 2. The number of amides is 1. The van der Waals surface area contributed by atoms with Crippen LogP contribution < -0.4 is 10.2 Å². The SMILES string of the molecule is CC(/C=C/CC[C@@H](C)[C@@H](O)c1ccc(OCCO)cc1)=C\C(=O)NO. The van der Waals surface area contributed by atoms with Gasteiger partial charge in [-0.25, -0.2) is 5.48 Å². The zero-order chi connectivity index (χ0) is 18.7. The minimum atomic E-state index is -0.572. The lowest BCUT2D eigenvalue weighted by Crippen LogP contribution is -2.15. The Balaban J connectivity index is 2.47. The Morgan fingerprint density at radius 2 is 2.00 bits per heavy atom. The monoisotopic (exact) mass is 349 g/mol. The maximum atomic E-state index is 11.0. The molecule has 0 aliphatic carbocycles. The molecule has 0 unspecified atom stereocenters. The third-order valence-corrected chi connectivity index (χ3v) is 3.76. The van der Waals surface area contributed by atoms with Gasteiger partial charge in [0.2, 0.25) is 0 Å². The van der Waals surface area contributed by atoms with Crippen molar-refractivity contribution in [1.82, 2.24) is 5.48 Å². The largest absolute Gasteiger partial charge is 0.491 e. The lowest BCUT2D eigenvalue weighted by Gasteiger charge is -2.19. The van der Waals surface area contributed by atoms with Crippen LogP contribution in [0.15, 0.2) is 48.1 Å². The summed E-state index contributed by atoms with van der Waals surface area (Å²) in [5.41, 5.74) is 3.11. The van der Waals surface area contributed by atoms with Crippen molar-refractivity contribution >= 4 is 5.91 Å². The van der Waals surface area contributed by atoms with Crippen LogP contribution >= 0.6 is 0 Å². The highest BCUT2D eigenvalue weighted by molar-refractivity contribution is 5.87. The standard InChI is InChI=1S/C19H27NO5/c1-14(13-18(22)20-24)5-3-4-6-15(2)19(23)16-7-9-17(10-8-16)25-12-11-21/h3,5,7-10,13,15,19,21,23-24H,4,6,11-12H2,1-2H3,(H,20,22)/b5-3+,14-13+/t15-,19-/m1/s1. The van der Waals surface area contributed by atoms with Crippen LogP contribution in [0.5, 0.6) is 5.75 Å². The zero-order valence-corrected chi connectivity index (χ0v) is 14.7. The van der Waals surface area contributed by atoms with Crippen molar-refractivity contribution in [3.8, 4) is 5.75 Å². The van der Waals surface area contributed by atoms with Gasteiger partial charge < -0.3 is 14.9 Å². The van der Waals surface area contributed by atoms with Crippen molar-refractivity contribution in [2.45, 2.75) is 32.8 Å². The number of aliphatic hydroxyl groups is 2. The van der Waals surface area contributed by atoms with Gasteiger partial charge in [0.05, 0.1) is 12.7 Å². The number of carbonyl (C=O) groups excluding carboxylic acids is 1. The van der Waals surface area contributed by atoms with E-state index in [1.165, 1.54) is 6.08 Å². The molecule has 0 saturated carbocycles. The van der Waals surface area contributed by atoms with Crippen molar-refractivity contribution in [2.75, 3.05) is 13.2 Å². The summed E-state index contributed by atoms with van der Waals surface area (Å²) in [6, 6.07) is 7.20. The highest BCUT2D eigenvalue weighted by Gasteiger charge is 2.15. The van der Waals surface area contributed by atoms with E-state index >= 15 is 0 Å². The second-order valence-corrected chi connectivity index (χ2v) is 5.91. The van der Waals surface area contributed by atoms with Crippen LogP contribution in [-0.4, -0.2) is 34.5 Å². The Morgan fingerprint density at radius 3 is 2.60 bits per heavy atom. The van der Waals surface area contributed by atoms with Crippen molar-refractivity contribution in [3.63, 3.8) is 0 Å². The summed E-state index contributed by atoms with van der Waals surface area (Å²) in [4.78, 5) is 11.0. The lowest BCUT2D eigenvalue weighted by molar-refractivity contribution is -0.124. The molecule has 6 heteroatoms. The molecule has 25 heavy (non-hydrogen) atoms. The summed E-state index contributed by atoms with van der Waals surface area (Å²) < 4.78 is 5.30. The summed E-state index contributed by atoms with van der Waals surface area (Å²) in [5, 5.41) is 27.6. The van der Waals surface area contributed by atoms with E-state index in [-0.39, 0.29) is 19.1 Å². The minimum Gasteiger partial charge on any atom is -0.491 e. The molecule has 4 N–H and O–H groups in total. The van der Waals surface area contributed by atoms with Crippen LogP contribution in [0.2, 0.25) is 0 Å². The normalized spacial score (nSPS) is 14.4. The number of nitrogens with one attached hydrogen (secondary N) is 1. The van der Waals surface area contributed by atoms with Crippen LogP contribution in [-0.2, 0) is 4.79 Å². The molecule has 1 amide bonds. The molecule has 0 aliphatic heterocycles. The van der Waals surface area contributed by atoms with Gasteiger partial charge in [-0.3, -0.25) is 10.0 Å². The Kier molecular flexibility index (Phi) is 9.54. The van der Waals surface area contributed by atoms with Crippen molar-refractivity contribution in [3.05, 3.63) is 53.6 Å². The molecule has 0 bridgehead atoms. The Labute approximate surface area is 148 Å². The van der Waals surface area contributed by atoms with Crippen molar-refractivity contribution in [1.29, 1.82) is 0 Å². The van der Waals surface area contributed by atoms with E-state index in [0.717, 1.165) is 24.0 Å². The molecule has 0 aliphatic rings. The number of benzene rings is 1. The molecule has 0 spiro atoms. The maximum Gasteiger partial charge on any atom is 0.267 e. The molecule has 1 rings (SSSR count). The number of hydrogen-bond donors (Lipinski definition) is 4. The van der Waals surface area contributed by atoms with Gasteiger partial charge in [0.1, 0.15) is 12.4 Å². The molecule has 138 valence electrons. The average Bonchev–Trinajstić information content (AvgIpc) is 2.63. The Morgan fingerprint density at radius 1 is 1.32 bits per heavy atom. The number of ether oxygens (including phenoxy) is 1. The molecule has 0 radical (unpaired) electrons. The number of hydroxylamine groups is 1. The van der Waals surface area contributed by atoms with Gasteiger partial charge in [0.15, 0.2) is 0 Å². The van der Waals surface area contributed by atoms with Gasteiger partial charge >= 0.3 is 0 Å². The third kappa shape index (κ3) is 7.98. The Bertz CT molecular complexity index is 580. The van der Waals surface area contributed by atoms with E-state index in [1.54, 1.807) is 24.5 Å². The fraction of sp³-hybridized carbons (Fsp3) is 0.421. The van der Waals surface area contributed by atoms with Crippen LogP contribution in [0, 0.1) is 5.92 Å². The van der Waals surface area contributed by atoms with E-state index in [1.807, 2.05) is 31.2 Å². The first-order valence-electron chi connectivity index (χ1n) is 8.28. The van der Waals surface area contributed by atoms with Crippen molar-refractivity contribution < 1.29 is 25.0 Å². The van der Waals surface area contributed by atoms with E-state index in [0.29, 0.717) is 5.75 Å². The van der Waals surface area contributed by atoms with E-state index < -0.39 is 12.0 Å². The van der Waals surface area contributed by atoms with Gasteiger partial charge in [-0.15, -0.1) is 0 Å². The quantitative estimate of drug-likeness (QED) is 0.225. The van der Waals surface area contributed by atoms with Crippen LogP contribution in [0.4, 0.5) is 0 Å². The summed E-state index contributed by atoms with van der Waals surface area (Å²) in [5.74, 6) is 0.172. The van der Waals surface area contributed by atoms with Gasteiger partial charge in [0.25, 0.3) is 5.91 Å². The molecule has 1 aromatic rings. The fourth-order valence-corrected chi connectivity index (χ4v) is 2.33. The highest BCUT2D eigenvalue weighted by atomic mass is 16.5. The second kappa shape index (κ2) is 11.4. The number of hydrogen-bond acceptors (Lipinski definition) is 5. The van der Waals surface area contributed by atoms with Crippen LogP contribution in [0.25, 0.3) is 0 Å². The van der Waals surface area contributed by atoms with Gasteiger partial charge in [0, 0.05) is 6.08 Å². The lowest BCUT2D eigenvalue weighted by atomic mass is 9.93. The molecule has 0 heterocycles. The van der Waals surface area contributed by atoms with Crippen molar-refractivity contribution in [2.24, 2.45) is 5.92 Å². The van der Waals surface area contributed by atoms with Gasteiger partial charge in [-0.1, -0.05) is 31.2 Å². The van der Waals surface area contributed by atoms with Crippen LogP contribution in [0.1, 0.15) is 38.4 Å². The smallest absolute Gasteiger partial charge is 0.267 e. The zero-order valence-electron chi connectivity index (χ0n) is 14.7. The first kappa shape index (κ1) is 20.9. The Hall–Kier alpha value is -2.15. The minimum absolute atomic E-state index is 0.0335. The average molecular weight is 349 g/mol.